The number of anilines is 1. The van der Waals surface area contributed by atoms with Crippen molar-refractivity contribution in [1.82, 2.24) is 14.8 Å². The molecule has 35 heavy (non-hydrogen) atoms. The van der Waals surface area contributed by atoms with Gasteiger partial charge in [-0.05, 0) is 55.5 Å². The highest BCUT2D eigenvalue weighted by Crippen LogP contribution is 2.25. The Bertz CT molecular complexity index is 1250. The molecule has 0 aliphatic carbocycles. The molecule has 0 aliphatic heterocycles. The standard InChI is InChI=1S/C26H25FN4O3S/c1-2-33-15-16-34-26-29-25(19-7-6-8-20(27)17-19)31(30-26)22-13-11-21(12-14-22)28-24(32)18-35-23-9-4-3-5-10-23/h3-14,17H,2,15-16,18H2,1H3,(H,28,32). The van der Waals surface area contributed by atoms with Crippen LogP contribution in [0.15, 0.2) is 83.8 Å². The van der Waals surface area contributed by atoms with Crippen LogP contribution in [0.5, 0.6) is 6.01 Å². The van der Waals surface area contributed by atoms with E-state index in [1.165, 1.54) is 23.9 Å². The molecular weight excluding hydrogens is 467 g/mol. The molecule has 1 heterocycles. The number of aromatic nitrogens is 3. The molecule has 4 rings (SSSR count). The van der Waals surface area contributed by atoms with Crippen molar-refractivity contribution >= 4 is 23.4 Å². The first kappa shape index (κ1) is 24.4. The summed E-state index contributed by atoms with van der Waals surface area (Å²) in [7, 11) is 0. The van der Waals surface area contributed by atoms with Crippen LogP contribution in [0.3, 0.4) is 0 Å². The maximum Gasteiger partial charge on any atom is 0.336 e. The van der Waals surface area contributed by atoms with E-state index in [0.717, 1.165) is 4.90 Å². The average molecular weight is 493 g/mol. The van der Waals surface area contributed by atoms with Gasteiger partial charge in [0, 0.05) is 22.8 Å². The number of thioether (sulfide) groups is 1. The zero-order valence-electron chi connectivity index (χ0n) is 19.2. The number of ether oxygens (including phenoxy) is 2. The van der Waals surface area contributed by atoms with E-state index in [1.54, 1.807) is 41.1 Å². The average Bonchev–Trinajstić information content (AvgIpc) is 3.31. The number of amides is 1. The van der Waals surface area contributed by atoms with Crippen LogP contribution < -0.4 is 10.1 Å². The monoisotopic (exact) mass is 492 g/mol. The van der Waals surface area contributed by atoms with Crippen LogP contribution in [0, 0.1) is 5.82 Å². The second-order valence-electron chi connectivity index (χ2n) is 7.38. The summed E-state index contributed by atoms with van der Waals surface area (Å²) in [6.07, 6.45) is 0. The molecule has 1 aromatic heterocycles. The Kier molecular flexibility index (Phi) is 8.48. The van der Waals surface area contributed by atoms with Crippen molar-refractivity contribution in [2.75, 3.05) is 30.9 Å². The molecule has 1 amide bonds. The second-order valence-corrected chi connectivity index (χ2v) is 8.43. The molecule has 0 unspecified atom stereocenters. The van der Waals surface area contributed by atoms with Crippen molar-refractivity contribution in [2.24, 2.45) is 0 Å². The number of nitrogens with one attached hydrogen (secondary N) is 1. The van der Waals surface area contributed by atoms with Gasteiger partial charge in [0.2, 0.25) is 5.91 Å². The van der Waals surface area contributed by atoms with Gasteiger partial charge in [-0.3, -0.25) is 4.79 Å². The maximum absolute atomic E-state index is 13.9. The number of nitrogens with zero attached hydrogens (tertiary/aromatic N) is 3. The summed E-state index contributed by atoms with van der Waals surface area (Å²) < 4.78 is 26.4. The summed E-state index contributed by atoms with van der Waals surface area (Å²) in [6, 6.07) is 23.2. The molecule has 7 nitrogen and oxygen atoms in total. The molecule has 0 fully saturated rings. The topological polar surface area (TPSA) is 78.3 Å². The molecule has 0 atom stereocenters. The van der Waals surface area contributed by atoms with Gasteiger partial charge in [-0.1, -0.05) is 30.3 Å². The number of carbonyl (C=O) groups is 1. The zero-order valence-corrected chi connectivity index (χ0v) is 20.0. The van der Waals surface area contributed by atoms with Crippen LogP contribution in [0.25, 0.3) is 17.1 Å². The molecule has 1 N–H and O–H groups in total. The lowest BCUT2D eigenvalue weighted by Crippen LogP contribution is -2.14. The van der Waals surface area contributed by atoms with E-state index in [2.05, 4.69) is 15.4 Å². The third kappa shape index (κ3) is 6.91. The van der Waals surface area contributed by atoms with Gasteiger partial charge in [-0.2, -0.15) is 4.98 Å². The predicted molar refractivity (Wildman–Crippen MR) is 135 cm³/mol. The highest BCUT2D eigenvalue weighted by molar-refractivity contribution is 8.00. The highest BCUT2D eigenvalue weighted by atomic mass is 32.2. The fourth-order valence-corrected chi connectivity index (χ4v) is 3.95. The first-order valence-electron chi connectivity index (χ1n) is 11.1. The van der Waals surface area contributed by atoms with Crippen molar-refractivity contribution in [1.29, 1.82) is 0 Å². The Morgan fingerprint density at radius 2 is 1.83 bits per heavy atom. The molecule has 180 valence electrons. The summed E-state index contributed by atoms with van der Waals surface area (Å²) in [5, 5.41) is 7.35. The Morgan fingerprint density at radius 1 is 1.03 bits per heavy atom. The van der Waals surface area contributed by atoms with E-state index in [1.807, 2.05) is 37.3 Å². The van der Waals surface area contributed by atoms with Gasteiger partial charge in [0.25, 0.3) is 0 Å². The Hall–Kier alpha value is -3.69. The molecule has 4 aromatic rings. The summed E-state index contributed by atoms with van der Waals surface area (Å²) in [4.78, 5) is 17.8. The molecule has 0 saturated carbocycles. The van der Waals surface area contributed by atoms with E-state index in [9.17, 15) is 9.18 Å². The molecule has 0 aliphatic rings. The first-order chi connectivity index (χ1) is 17.1. The third-order valence-electron chi connectivity index (χ3n) is 4.84. The maximum atomic E-state index is 13.9. The quantitative estimate of drug-likeness (QED) is 0.229. The molecule has 0 bridgehead atoms. The molecule has 0 spiro atoms. The van der Waals surface area contributed by atoms with Crippen LogP contribution in [-0.4, -0.2) is 46.2 Å². The van der Waals surface area contributed by atoms with E-state index in [-0.39, 0.29) is 17.7 Å². The molecule has 9 heteroatoms. The van der Waals surface area contributed by atoms with Gasteiger partial charge >= 0.3 is 6.01 Å². The minimum Gasteiger partial charge on any atom is -0.460 e. The lowest BCUT2D eigenvalue weighted by Gasteiger charge is -2.08. The fourth-order valence-electron chi connectivity index (χ4n) is 3.23. The summed E-state index contributed by atoms with van der Waals surface area (Å²) >= 11 is 1.47. The molecule has 0 radical (unpaired) electrons. The minimum absolute atomic E-state index is 0.0993. The minimum atomic E-state index is -0.373. The molecule has 0 saturated heterocycles. The number of carbonyl (C=O) groups excluding carboxylic acids is 1. The van der Waals surface area contributed by atoms with Gasteiger partial charge in [0.1, 0.15) is 12.4 Å². The van der Waals surface area contributed by atoms with Crippen molar-refractivity contribution in [3.63, 3.8) is 0 Å². The van der Waals surface area contributed by atoms with Crippen molar-refractivity contribution in [2.45, 2.75) is 11.8 Å². The summed E-state index contributed by atoms with van der Waals surface area (Å²) in [5.41, 5.74) is 1.91. The third-order valence-corrected chi connectivity index (χ3v) is 5.85. The lowest BCUT2D eigenvalue weighted by atomic mass is 10.2. The van der Waals surface area contributed by atoms with Crippen LogP contribution in [0.1, 0.15) is 6.92 Å². The van der Waals surface area contributed by atoms with E-state index < -0.39 is 0 Å². The van der Waals surface area contributed by atoms with Crippen molar-refractivity contribution in [3.05, 3.63) is 84.7 Å². The van der Waals surface area contributed by atoms with Gasteiger partial charge in [0.05, 0.1) is 18.0 Å². The van der Waals surface area contributed by atoms with E-state index in [0.29, 0.717) is 48.3 Å². The van der Waals surface area contributed by atoms with Crippen molar-refractivity contribution < 1.29 is 18.7 Å². The number of hydrogen-bond donors (Lipinski definition) is 1. The van der Waals surface area contributed by atoms with E-state index >= 15 is 0 Å². The zero-order chi connectivity index (χ0) is 24.5. The first-order valence-corrected chi connectivity index (χ1v) is 12.1. The number of halogens is 1. The Balaban J connectivity index is 1.48. The molecule has 3 aromatic carbocycles. The second kappa shape index (κ2) is 12.1. The predicted octanol–water partition coefficient (Wildman–Crippen LogP) is 5.22. The van der Waals surface area contributed by atoms with E-state index in [4.69, 9.17) is 9.47 Å². The van der Waals surface area contributed by atoms with Crippen LogP contribution in [0.2, 0.25) is 0 Å². The van der Waals surface area contributed by atoms with Gasteiger partial charge in [-0.15, -0.1) is 16.9 Å². The SMILES string of the molecule is CCOCCOc1nc(-c2cccc(F)c2)n(-c2ccc(NC(=O)CSc3ccccc3)cc2)n1. The highest BCUT2D eigenvalue weighted by Gasteiger charge is 2.16. The van der Waals surface area contributed by atoms with Crippen LogP contribution >= 0.6 is 11.8 Å². The Morgan fingerprint density at radius 3 is 2.57 bits per heavy atom. The largest absolute Gasteiger partial charge is 0.460 e. The molecular formula is C26H25FN4O3S. The van der Waals surface area contributed by atoms with Crippen LogP contribution in [-0.2, 0) is 9.53 Å². The number of benzene rings is 3. The smallest absolute Gasteiger partial charge is 0.336 e. The normalized spacial score (nSPS) is 10.8. The fraction of sp³-hybridized carbons (Fsp3) is 0.192. The van der Waals surface area contributed by atoms with Gasteiger partial charge in [-0.25, -0.2) is 9.07 Å². The van der Waals surface area contributed by atoms with Gasteiger partial charge in [0.15, 0.2) is 5.82 Å². The Labute approximate surface area is 207 Å². The van der Waals surface area contributed by atoms with Crippen LogP contribution in [0.4, 0.5) is 10.1 Å². The number of rotatable bonds is 11. The summed E-state index contributed by atoms with van der Waals surface area (Å²) in [5.74, 6) is 0.271. The van der Waals surface area contributed by atoms with Crippen molar-refractivity contribution in [3.8, 4) is 23.1 Å². The van der Waals surface area contributed by atoms with Gasteiger partial charge < -0.3 is 14.8 Å². The lowest BCUT2D eigenvalue weighted by molar-refractivity contribution is -0.113. The summed E-state index contributed by atoms with van der Waals surface area (Å²) in [6.45, 7) is 3.21. The number of hydrogen-bond acceptors (Lipinski definition) is 6.